The van der Waals surface area contributed by atoms with Crippen molar-refractivity contribution >= 4 is 0 Å². The van der Waals surface area contributed by atoms with Crippen LogP contribution in [0.15, 0.2) is 6.20 Å². The highest BCUT2D eigenvalue weighted by molar-refractivity contribution is 5.22. The van der Waals surface area contributed by atoms with Gasteiger partial charge in [0, 0.05) is 31.5 Å². The fraction of sp³-hybridized carbons (Fsp3) is 0.692. The second-order valence-corrected chi connectivity index (χ2v) is 5.51. The summed E-state index contributed by atoms with van der Waals surface area (Å²) < 4.78 is 5.81. The van der Waals surface area contributed by atoms with E-state index in [4.69, 9.17) is 4.74 Å². The maximum Gasteiger partial charge on any atom is 0.157 e. The molecule has 1 unspecified atom stereocenters. The van der Waals surface area contributed by atoms with Gasteiger partial charge in [0.2, 0.25) is 0 Å². The number of hydrogen-bond donors (Lipinski definition) is 1. The van der Waals surface area contributed by atoms with Gasteiger partial charge in [0.1, 0.15) is 6.10 Å². The van der Waals surface area contributed by atoms with Crippen LogP contribution in [0.25, 0.3) is 0 Å². The summed E-state index contributed by atoms with van der Waals surface area (Å²) in [4.78, 5) is 9.10. The van der Waals surface area contributed by atoms with Crippen LogP contribution in [0.2, 0.25) is 0 Å². The summed E-state index contributed by atoms with van der Waals surface area (Å²) in [5, 5.41) is 3.28. The molecule has 1 aliphatic rings. The molecule has 1 atom stereocenters. The normalized spacial score (nSPS) is 16.9. The average molecular weight is 235 g/mol. The first kappa shape index (κ1) is 12.5. The van der Waals surface area contributed by atoms with Crippen LogP contribution < -0.4 is 5.32 Å². The Balaban J connectivity index is 2.30. The summed E-state index contributed by atoms with van der Waals surface area (Å²) in [7, 11) is 0. The molecule has 0 saturated heterocycles. The van der Waals surface area contributed by atoms with Crippen molar-refractivity contribution < 1.29 is 4.74 Å². The minimum atomic E-state index is -0.0431. The Morgan fingerprint density at radius 1 is 1.41 bits per heavy atom. The van der Waals surface area contributed by atoms with Gasteiger partial charge in [-0.2, -0.15) is 0 Å². The molecular formula is C13H21N3O. The zero-order valence-electron chi connectivity index (χ0n) is 11.1. The van der Waals surface area contributed by atoms with Crippen molar-refractivity contribution in [3.05, 3.63) is 23.3 Å². The fourth-order valence-corrected chi connectivity index (χ4v) is 2.08. The SMILES string of the molecule is CCOC(c1ncc2c(n1)CNC2)C(C)(C)C. The Bertz CT molecular complexity index is 398. The fourth-order valence-electron chi connectivity index (χ4n) is 2.08. The van der Waals surface area contributed by atoms with Gasteiger partial charge in [-0.1, -0.05) is 20.8 Å². The molecule has 1 N–H and O–H groups in total. The van der Waals surface area contributed by atoms with Gasteiger partial charge in [0.05, 0.1) is 5.69 Å². The van der Waals surface area contributed by atoms with Crippen molar-refractivity contribution in [1.29, 1.82) is 0 Å². The van der Waals surface area contributed by atoms with E-state index in [1.807, 2.05) is 13.1 Å². The lowest BCUT2D eigenvalue weighted by molar-refractivity contribution is -0.0192. The molecule has 17 heavy (non-hydrogen) atoms. The summed E-state index contributed by atoms with van der Waals surface area (Å²) in [5.74, 6) is 0.807. The Morgan fingerprint density at radius 3 is 2.82 bits per heavy atom. The summed E-state index contributed by atoms with van der Waals surface area (Å²) in [6, 6.07) is 0. The number of ether oxygens (including phenoxy) is 1. The largest absolute Gasteiger partial charge is 0.370 e. The maximum atomic E-state index is 5.81. The molecular weight excluding hydrogens is 214 g/mol. The van der Waals surface area contributed by atoms with Crippen LogP contribution >= 0.6 is 0 Å². The van der Waals surface area contributed by atoms with Crippen LogP contribution in [0.4, 0.5) is 0 Å². The minimum Gasteiger partial charge on any atom is -0.370 e. The Labute approximate surface area is 103 Å². The molecule has 2 rings (SSSR count). The first-order chi connectivity index (χ1) is 8.02. The molecule has 94 valence electrons. The third-order valence-corrected chi connectivity index (χ3v) is 2.94. The lowest BCUT2D eigenvalue weighted by Crippen LogP contribution is -2.24. The summed E-state index contributed by atoms with van der Waals surface area (Å²) in [6.07, 6.45) is 1.88. The van der Waals surface area contributed by atoms with Gasteiger partial charge < -0.3 is 10.1 Å². The van der Waals surface area contributed by atoms with Crippen molar-refractivity contribution in [2.45, 2.75) is 46.9 Å². The highest BCUT2D eigenvalue weighted by Crippen LogP contribution is 2.34. The number of fused-ring (bicyclic) bond motifs is 1. The van der Waals surface area contributed by atoms with E-state index in [1.54, 1.807) is 0 Å². The van der Waals surface area contributed by atoms with Crippen LogP contribution in [-0.2, 0) is 17.8 Å². The van der Waals surface area contributed by atoms with Crippen LogP contribution in [0.1, 0.15) is 50.9 Å². The molecule has 0 spiro atoms. The maximum absolute atomic E-state index is 5.81. The lowest BCUT2D eigenvalue weighted by atomic mass is 9.88. The quantitative estimate of drug-likeness (QED) is 0.872. The van der Waals surface area contributed by atoms with Crippen molar-refractivity contribution in [1.82, 2.24) is 15.3 Å². The topological polar surface area (TPSA) is 47.0 Å². The average Bonchev–Trinajstić information content (AvgIpc) is 2.71. The molecule has 1 aromatic rings. The lowest BCUT2D eigenvalue weighted by Gasteiger charge is -2.29. The van der Waals surface area contributed by atoms with Crippen LogP contribution in [0.5, 0.6) is 0 Å². The predicted molar refractivity (Wildman–Crippen MR) is 66.4 cm³/mol. The highest BCUT2D eigenvalue weighted by Gasteiger charge is 2.30. The van der Waals surface area contributed by atoms with E-state index in [-0.39, 0.29) is 11.5 Å². The second-order valence-electron chi connectivity index (χ2n) is 5.51. The van der Waals surface area contributed by atoms with Crippen molar-refractivity contribution in [3.63, 3.8) is 0 Å². The van der Waals surface area contributed by atoms with Crippen molar-refractivity contribution in [2.24, 2.45) is 5.41 Å². The second kappa shape index (κ2) is 4.70. The van der Waals surface area contributed by atoms with Crippen LogP contribution in [0.3, 0.4) is 0 Å². The number of nitrogens with zero attached hydrogens (tertiary/aromatic N) is 2. The van der Waals surface area contributed by atoms with E-state index >= 15 is 0 Å². The zero-order chi connectivity index (χ0) is 12.5. The van der Waals surface area contributed by atoms with E-state index in [1.165, 1.54) is 5.56 Å². The van der Waals surface area contributed by atoms with E-state index in [0.717, 1.165) is 24.6 Å². The third-order valence-electron chi connectivity index (χ3n) is 2.94. The van der Waals surface area contributed by atoms with E-state index in [2.05, 4.69) is 36.1 Å². The molecule has 0 saturated carbocycles. The van der Waals surface area contributed by atoms with Crippen molar-refractivity contribution in [2.75, 3.05) is 6.61 Å². The molecule has 1 aromatic heterocycles. The zero-order valence-corrected chi connectivity index (χ0v) is 11.1. The molecule has 0 aliphatic carbocycles. The molecule has 0 amide bonds. The van der Waals surface area contributed by atoms with Crippen LogP contribution in [0, 0.1) is 5.41 Å². The minimum absolute atomic E-state index is 0.0102. The van der Waals surface area contributed by atoms with E-state index < -0.39 is 0 Å². The number of rotatable bonds is 3. The van der Waals surface area contributed by atoms with Crippen LogP contribution in [-0.4, -0.2) is 16.6 Å². The molecule has 4 heteroatoms. The molecule has 0 radical (unpaired) electrons. The number of nitrogens with one attached hydrogen (secondary N) is 1. The van der Waals surface area contributed by atoms with Gasteiger partial charge in [0.25, 0.3) is 0 Å². The molecule has 0 bridgehead atoms. The van der Waals surface area contributed by atoms with Gasteiger partial charge in [-0.15, -0.1) is 0 Å². The van der Waals surface area contributed by atoms with Gasteiger partial charge in [-0.3, -0.25) is 0 Å². The highest BCUT2D eigenvalue weighted by atomic mass is 16.5. The first-order valence-corrected chi connectivity index (χ1v) is 6.19. The molecule has 2 heterocycles. The van der Waals surface area contributed by atoms with E-state index in [0.29, 0.717) is 6.61 Å². The molecule has 0 fully saturated rings. The summed E-state index contributed by atoms with van der Waals surface area (Å²) in [5.41, 5.74) is 2.33. The monoisotopic (exact) mass is 235 g/mol. The van der Waals surface area contributed by atoms with Gasteiger partial charge in [-0.05, 0) is 12.3 Å². The molecule has 1 aliphatic heterocycles. The van der Waals surface area contributed by atoms with E-state index in [9.17, 15) is 0 Å². The Morgan fingerprint density at radius 2 is 2.18 bits per heavy atom. The summed E-state index contributed by atoms with van der Waals surface area (Å²) in [6.45, 7) is 10.9. The molecule has 0 aromatic carbocycles. The van der Waals surface area contributed by atoms with Gasteiger partial charge in [0.15, 0.2) is 5.82 Å². The Hall–Kier alpha value is -1.00. The smallest absolute Gasteiger partial charge is 0.157 e. The summed E-state index contributed by atoms with van der Waals surface area (Å²) >= 11 is 0. The number of hydrogen-bond acceptors (Lipinski definition) is 4. The number of aromatic nitrogens is 2. The Kier molecular flexibility index (Phi) is 3.45. The van der Waals surface area contributed by atoms with Gasteiger partial charge >= 0.3 is 0 Å². The standard InChI is InChI=1S/C13H21N3O/c1-5-17-11(13(2,3)4)12-15-7-9-6-14-8-10(9)16-12/h7,11,14H,5-6,8H2,1-4H3. The molecule has 4 nitrogen and oxygen atoms in total. The van der Waals surface area contributed by atoms with Gasteiger partial charge in [-0.25, -0.2) is 9.97 Å². The van der Waals surface area contributed by atoms with Crippen molar-refractivity contribution in [3.8, 4) is 0 Å². The third kappa shape index (κ3) is 2.64. The first-order valence-electron chi connectivity index (χ1n) is 6.19. The predicted octanol–water partition coefficient (Wildman–Crippen LogP) is 2.20.